The molecular formula is C12H21NO2S. The zero-order valence-electron chi connectivity index (χ0n) is 11.0. The minimum atomic E-state index is -0.401. The molecule has 1 aliphatic rings. The molecule has 0 aromatic heterocycles. The van der Waals surface area contributed by atoms with Gasteiger partial charge in [-0.3, -0.25) is 14.5 Å². The zero-order chi connectivity index (χ0) is 12.7. The fraction of sp³-hybridized carbons (Fsp3) is 0.833. The molecule has 0 bridgehead atoms. The monoisotopic (exact) mass is 243 g/mol. The van der Waals surface area contributed by atoms with Crippen molar-refractivity contribution < 1.29 is 9.59 Å². The third-order valence-corrected chi connectivity index (χ3v) is 3.63. The smallest absolute Gasteiger partial charge is 0.243 e. The zero-order valence-corrected chi connectivity index (χ0v) is 11.8. The maximum atomic E-state index is 12.1. The van der Waals surface area contributed by atoms with Crippen LogP contribution in [0.4, 0.5) is 0 Å². The highest BCUT2D eigenvalue weighted by Gasteiger charge is 2.45. The first-order valence-electron chi connectivity index (χ1n) is 5.57. The highest BCUT2D eigenvalue weighted by molar-refractivity contribution is 8.01. The molecule has 0 N–H and O–H groups in total. The number of rotatable bonds is 1. The second-order valence-corrected chi connectivity index (χ2v) is 8.19. The van der Waals surface area contributed by atoms with Gasteiger partial charge in [0, 0.05) is 16.7 Å². The average molecular weight is 243 g/mol. The number of likely N-dealkylation sites (tertiary alicyclic amines) is 1. The van der Waals surface area contributed by atoms with E-state index in [4.69, 9.17) is 0 Å². The van der Waals surface area contributed by atoms with Crippen LogP contribution < -0.4 is 0 Å². The standard InChI is InChI=1S/C12H21NO2S/c1-11(2,3)13-9(14)7-8(10(13)15)16-12(4,5)6/h8H,7H2,1-6H3. The van der Waals surface area contributed by atoms with Gasteiger partial charge in [0.05, 0.1) is 5.25 Å². The predicted molar refractivity (Wildman–Crippen MR) is 67.4 cm³/mol. The lowest BCUT2D eigenvalue weighted by atomic mass is 10.1. The van der Waals surface area contributed by atoms with Gasteiger partial charge in [-0.2, -0.15) is 0 Å². The van der Waals surface area contributed by atoms with Crippen molar-refractivity contribution in [3.63, 3.8) is 0 Å². The van der Waals surface area contributed by atoms with E-state index in [0.29, 0.717) is 6.42 Å². The summed E-state index contributed by atoms with van der Waals surface area (Å²) in [6, 6.07) is 0. The SMILES string of the molecule is CC(C)(C)SC1CC(=O)N(C(C)(C)C)C1=O. The summed E-state index contributed by atoms with van der Waals surface area (Å²) in [5, 5.41) is -0.202. The van der Waals surface area contributed by atoms with E-state index in [0.717, 1.165) is 0 Å². The first kappa shape index (κ1) is 13.6. The Labute approximate surface area is 102 Å². The fourth-order valence-corrected chi connectivity index (χ4v) is 3.11. The molecular weight excluding hydrogens is 222 g/mol. The van der Waals surface area contributed by atoms with E-state index in [-0.39, 0.29) is 21.8 Å². The van der Waals surface area contributed by atoms with E-state index in [9.17, 15) is 9.59 Å². The number of carbonyl (C=O) groups is 2. The number of hydrogen-bond donors (Lipinski definition) is 0. The van der Waals surface area contributed by atoms with Gasteiger partial charge < -0.3 is 0 Å². The minimum Gasteiger partial charge on any atom is -0.276 e. The molecule has 1 saturated heterocycles. The molecule has 2 amide bonds. The molecule has 4 heteroatoms. The van der Waals surface area contributed by atoms with E-state index in [1.807, 2.05) is 20.8 Å². The van der Waals surface area contributed by atoms with Gasteiger partial charge in [-0.15, -0.1) is 11.8 Å². The number of carbonyl (C=O) groups excluding carboxylic acids is 2. The lowest BCUT2D eigenvalue weighted by Gasteiger charge is -2.30. The molecule has 0 spiro atoms. The van der Waals surface area contributed by atoms with E-state index < -0.39 is 5.54 Å². The summed E-state index contributed by atoms with van der Waals surface area (Å²) in [5.41, 5.74) is -0.401. The number of hydrogen-bond acceptors (Lipinski definition) is 3. The highest BCUT2D eigenvalue weighted by Crippen LogP contribution is 2.36. The molecule has 1 atom stereocenters. The van der Waals surface area contributed by atoms with Crippen molar-refractivity contribution >= 4 is 23.6 Å². The summed E-state index contributed by atoms with van der Waals surface area (Å²) in [6.07, 6.45) is 0.345. The third-order valence-electron chi connectivity index (χ3n) is 2.27. The van der Waals surface area contributed by atoms with Gasteiger partial charge in [-0.05, 0) is 20.8 Å². The summed E-state index contributed by atoms with van der Waals surface area (Å²) in [6.45, 7) is 11.9. The van der Waals surface area contributed by atoms with Gasteiger partial charge in [0.15, 0.2) is 0 Å². The molecule has 1 aliphatic heterocycles. The van der Waals surface area contributed by atoms with Crippen LogP contribution in [0.5, 0.6) is 0 Å². The quantitative estimate of drug-likeness (QED) is 0.664. The van der Waals surface area contributed by atoms with Crippen LogP contribution in [0.3, 0.4) is 0 Å². The Balaban J connectivity index is 2.83. The molecule has 0 aliphatic carbocycles. The summed E-state index contributed by atoms with van der Waals surface area (Å²) >= 11 is 1.58. The van der Waals surface area contributed by atoms with Crippen LogP contribution in [-0.4, -0.2) is 32.3 Å². The minimum absolute atomic E-state index is 0.00843. The normalized spacial score (nSPS) is 23.1. The Morgan fingerprint density at radius 2 is 1.62 bits per heavy atom. The van der Waals surface area contributed by atoms with Crippen LogP contribution in [0.2, 0.25) is 0 Å². The van der Waals surface area contributed by atoms with Crippen LogP contribution in [0.25, 0.3) is 0 Å². The lowest BCUT2D eigenvalue weighted by molar-refractivity contribution is -0.143. The molecule has 1 heterocycles. The van der Waals surface area contributed by atoms with Crippen molar-refractivity contribution in [2.75, 3.05) is 0 Å². The lowest BCUT2D eigenvalue weighted by Crippen LogP contribution is -2.46. The molecule has 0 saturated carbocycles. The molecule has 0 aromatic rings. The van der Waals surface area contributed by atoms with Crippen molar-refractivity contribution in [1.29, 1.82) is 0 Å². The summed E-state index contributed by atoms with van der Waals surface area (Å²) in [4.78, 5) is 25.4. The van der Waals surface area contributed by atoms with E-state index in [2.05, 4.69) is 20.8 Å². The van der Waals surface area contributed by atoms with E-state index in [1.165, 1.54) is 4.90 Å². The van der Waals surface area contributed by atoms with Crippen LogP contribution in [0, 0.1) is 0 Å². The van der Waals surface area contributed by atoms with E-state index >= 15 is 0 Å². The van der Waals surface area contributed by atoms with Crippen molar-refractivity contribution in [3.8, 4) is 0 Å². The van der Waals surface area contributed by atoms with Gasteiger partial charge in [-0.1, -0.05) is 20.8 Å². The summed E-state index contributed by atoms with van der Waals surface area (Å²) in [5.74, 6) is -0.0725. The first-order valence-corrected chi connectivity index (χ1v) is 6.45. The van der Waals surface area contributed by atoms with E-state index in [1.54, 1.807) is 11.8 Å². The van der Waals surface area contributed by atoms with Gasteiger partial charge >= 0.3 is 0 Å². The van der Waals surface area contributed by atoms with Crippen molar-refractivity contribution in [2.24, 2.45) is 0 Å². The highest BCUT2D eigenvalue weighted by atomic mass is 32.2. The predicted octanol–water partition coefficient (Wildman–Crippen LogP) is 2.44. The Hall–Kier alpha value is -0.510. The molecule has 0 radical (unpaired) electrons. The largest absolute Gasteiger partial charge is 0.276 e. The van der Waals surface area contributed by atoms with Crippen LogP contribution in [0.15, 0.2) is 0 Å². The molecule has 1 unspecified atom stereocenters. The molecule has 0 aromatic carbocycles. The average Bonchev–Trinajstić information content (AvgIpc) is 2.21. The molecule has 92 valence electrons. The van der Waals surface area contributed by atoms with Crippen LogP contribution in [-0.2, 0) is 9.59 Å². The molecule has 3 nitrogen and oxygen atoms in total. The number of imide groups is 1. The van der Waals surface area contributed by atoms with Crippen molar-refractivity contribution in [2.45, 2.75) is 63.5 Å². The number of amides is 2. The molecule has 1 rings (SSSR count). The topological polar surface area (TPSA) is 37.4 Å². The van der Waals surface area contributed by atoms with Crippen LogP contribution >= 0.6 is 11.8 Å². The fourth-order valence-electron chi connectivity index (χ4n) is 1.83. The first-order chi connectivity index (χ1) is 7.02. The summed E-state index contributed by atoms with van der Waals surface area (Å²) in [7, 11) is 0. The van der Waals surface area contributed by atoms with Gasteiger partial charge in [0.1, 0.15) is 0 Å². The Morgan fingerprint density at radius 1 is 1.12 bits per heavy atom. The maximum absolute atomic E-state index is 12.1. The third kappa shape index (κ3) is 3.00. The second-order valence-electron chi connectivity index (χ2n) is 6.16. The number of thioether (sulfide) groups is 1. The Kier molecular flexibility index (Phi) is 3.44. The van der Waals surface area contributed by atoms with Crippen LogP contribution in [0.1, 0.15) is 48.0 Å². The van der Waals surface area contributed by atoms with Gasteiger partial charge in [0.2, 0.25) is 11.8 Å². The second kappa shape index (κ2) is 4.06. The Morgan fingerprint density at radius 3 is 1.94 bits per heavy atom. The van der Waals surface area contributed by atoms with Gasteiger partial charge in [0.25, 0.3) is 0 Å². The molecule has 16 heavy (non-hydrogen) atoms. The van der Waals surface area contributed by atoms with Gasteiger partial charge in [-0.25, -0.2) is 0 Å². The van der Waals surface area contributed by atoms with Crippen molar-refractivity contribution in [1.82, 2.24) is 4.90 Å². The maximum Gasteiger partial charge on any atom is 0.243 e. The van der Waals surface area contributed by atoms with Crippen molar-refractivity contribution in [3.05, 3.63) is 0 Å². The number of nitrogens with zero attached hydrogens (tertiary/aromatic N) is 1. The molecule has 1 fully saturated rings. The Bertz CT molecular complexity index is 312. The summed E-state index contributed by atoms with van der Waals surface area (Å²) < 4.78 is 0.00843.